The highest BCUT2D eigenvalue weighted by molar-refractivity contribution is 5.95. The first-order valence-electron chi connectivity index (χ1n) is 9.48. The molecule has 5 nitrogen and oxygen atoms in total. The highest BCUT2D eigenvalue weighted by Crippen LogP contribution is 2.37. The molecule has 0 aliphatic carbocycles. The molecule has 0 saturated carbocycles. The van der Waals surface area contributed by atoms with E-state index in [1.165, 1.54) is 0 Å². The van der Waals surface area contributed by atoms with E-state index >= 15 is 0 Å². The maximum absolute atomic E-state index is 12.7. The van der Waals surface area contributed by atoms with Gasteiger partial charge in [-0.05, 0) is 36.6 Å². The lowest BCUT2D eigenvalue weighted by Crippen LogP contribution is -2.28. The van der Waals surface area contributed by atoms with Gasteiger partial charge in [-0.1, -0.05) is 42.5 Å². The van der Waals surface area contributed by atoms with Crippen molar-refractivity contribution in [2.75, 3.05) is 18.6 Å². The van der Waals surface area contributed by atoms with Gasteiger partial charge in [-0.25, -0.2) is 0 Å². The van der Waals surface area contributed by atoms with Gasteiger partial charge in [0.25, 0.3) is 5.91 Å². The number of benzene rings is 2. The Hall–Kier alpha value is -3.34. The zero-order chi connectivity index (χ0) is 19.3. The molecule has 3 aromatic rings. The molecule has 0 bridgehead atoms. The van der Waals surface area contributed by atoms with Crippen LogP contribution in [0.15, 0.2) is 66.9 Å². The van der Waals surface area contributed by atoms with Crippen molar-refractivity contribution in [3.05, 3.63) is 83.7 Å². The molecule has 0 atom stereocenters. The van der Waals surface area contributed by atoms with E-state index in [1.807, 2.05) is 60.7 Å². The van der Waals surface area contributed by atoms with E-state index in [0.29, 0.717) is 12.1 Å². The normalized spacial score (nSPS) is 13.0. The van der Waals surface area contributed by atoms with Crippen molar-refractivity contribution in [3.63, 3.8) is 0 Å². The predicted molar refractivity (Wildman–Crippen MR) is 110 cm³/mol. The molecule has 1 N–H and O–H groups in total. The summed E-state index contributed by atoms with van der Waals surface area (Å²) in [5.41, 5.74) is 4.61. The summed E-state index contributed by atoms with van der Waals surface area (Å²) in [6, 6.07) is 19.8. The van der Waals surface area contributed by atoms with Crippen LogP contribution in [0.3, 0.4) is 0 Å². The zero-order valence-corrected chi connectivity index (χ0v) is 15.9. The maximum atomic E-state index is 12.7. The molecule has 28 heavy (non-hydrogen) atoms. The third kappa shape index (κ3) is 3.69. The SMILES string of the molecule is COc1ccccc1N1CCCc2ncc(C(=O)NCc3ccccc3)cc21. The number of nitrogens with one attached hydrogen (secondary N) is 1. The van der Waals surface area contributed by atoms with Gasteiger partial charge in [0, 0.05) is 19.3 Å². The number of hydrogen-bond donors (Lipinski definition) is 1. The second-order valence-electron chi connectivity index (χ2n) is 6.79. The molecular formula is C23H23N3O2. The lowest BCUT2D eigenvalue weighted by Gasteiger charge is -2.31. The quantitative estimate of drug-likeness (QED) is 0.731. The fraction of sp³-hybridized carbons (Fsp3) is 0.217. The van der Waals surface area contributed by atoms with Gasteiger partial charge in [0.1, 0.15) is 5.75 Å². The fourth-order valence-electron chi connectivity index (χ4n) is 3.54. The number of methoxy groups -OCH3 is 1. The summed E-state index contributed by atoms with van der Waals surface area (Å²) in [5, 5.41) is 2.98. The molecular weight excluding hydrogens is 350 g/mol. The first-order valence-corrected chi connectivity index (χ1v) is 9.48. The Balaban J connectivity index is 1.60. The summed E-state index contributed by atoms with van der Waals surface area (Å²) in [6.07, 6.45) is 3.59. The van der Waals surface area contributed by atoms with Crippen LogP contribution in [0.2, 0.25) is 0 Å². The number of hydrogen-bond acceptors (Lipinski definition) is 4. The van der Waals surface area contributed by atoms with E-state index in [1.54, 1.807) is 13.3 Å². The smallest absolute Gasteiger partial charge is 0.253 e. The Labute approximate surface area is 165 Å². The standard InChI is InChI=1S/C23H23N3O2/c1-28-22-12-6-5-11-20(22)26-13-7-10-19-21(26)14-18(16-24-19)23(27)25-15-17-8-3-2-4-9-17/h2-6,8-9,11-12,14,16H,7,10,13,15H2,1H3,(H,25,27). The lowest BCUT2D eigenvalue weighted by atomic mass is 10.0. The van der Waals surface area contributed by atoms with E-state index in [-0.39, 0.29) is 5.91 Å². The third-order valence-corrected chi connectivity index (χ3v) is 4.97. The van der Waals surface area contributed by atoms with Gasteiger partial charge in [0.15, 0.2) is 0 Å². The number of aromatic nitrogens is 1. The summed E-state index contributed by atoms with van der Waals surface area (Å²) in [5.74, 6) is 0.694. The largest absolute Gasteiger partial charge is 0.495 e. The van der Waals surface area contributed by atoms with E-state index < -0.39 is 0 Å². The van der Waals surface area contributed by atoms with Crippen molar-refractivity contribution in [2.45, 2.75) is 19.4 Å². The number of amides is 1. The van der Waals surface area contributed by atoms with Crippen LogP contribution in [-0.4, -0.2) is 24.5 Å². The van der Waals surface area contributed by atoms with Gasteiger partial charge >= 0.3 is 0 Å². The summed E-state index contributed by atoms with van der Waals surface area (Å²) >= 11 is 0. The fourth-order valence-corrected chi connectivity index (χ4v) is 3.54. The summed E-state index contributed by atoms with van der Waals surface area (Å²) in [6.45, 7) is 1.36. The van der Waals surface area contributed by atoms with Crippen LogP contribution in [-0.2, 0) is 13.0 Å². The molecule has 1 aliphatic rings. The van der Waals surface area contributed by atoms with Crippen LogP contribution in [0, 0.1) is 0 Å². The number of carbonyl (C=O) groups excluding carboxylic acids is 1. The molecule has 4 rings (SSSR count). The zero-order valence-electron chi connectivity index (χ0n) is 15.9. The predicted octanol–water partition coefficient (Wildman–Crippen LogP) is 4.10. The van der Waals surface area contributed by atoms with Crippen molar-refractivity contribution in [1.82, 2.24) is 10.3 Å². The van der Waals surface area contributed by atoms with Crippen LogP contribution in [0.25, 0.3) is 0 Å². The number of aryl methyl sites for hydroxylation is 1. The Morgan fingerprint density at radius 2 is 1.89 bits per heavy atom. The van der Waals surface area contributed by atoms with E-state index in [2.05, 4.69) is 15.2 Å². The number of fused-ring (bicyclic) bond motifs is 1. The van der Waals surface area contributed by atoms with Crippen LogP contribution in [0.1, 0.15) is 28.0 Å². The Morgan fingerprint density at radius 3 is 2.71 bits per heavy atom. The average Bonchev–Trinajstić information content (AvgIpc) is 2.77. The molecule has 0 saturated heterocycles. The van der Waals surface area contributed by atoms with Crippen molar-refractivity contribution < 1.29 is 9.53 Å². The number of carbonyl (C=O) groups is 1. The highest BCUT2D eigenvalue weighted by Gasteiger charge is 2.23. The summed E-state index contributed by atoms with van der Waals surface area (Å²) < 4.78 is 5.54. The number of pyridine rings is 1. The first-order chi connectivity index (χ1) is 13.8. The third-order valence-electron chi connectivity index (χ3n) is 4.97. The Bertz CT molecular complexity index is 973. The topological polar surface area (TPSA) is 54.5 Å². The number of nitrogens with zero attached hydrogens (tertiary/aromatic N) is 2. The van der Waals surface area contributed by atoms with Crippen molar-refractivity contribution in [3.8, 4) is 5.75 Å². The molecule has 1 amide bonds. The molecule has 0 unspecified atom stereocenters. The minimum atomic E-state index is -0.121. The van der Waals surface area contributed by atoms with Gasteiger partial charge in [-0.15, -0.1) is 0 Å². The van der Waals surface area contributed by atoms with Gasteiger partial charge in [-0.3, -0.25) is 9.78 Å². The molecule has 0 spiro atoms. The van der Waals surface area contributed by atoms with Gasteiger partial charge in [-0.2, -0.15) is 0 Å². The van der Waals surface area contributed by atoms with Crippen molar-refractivity contribution in [2.24, 2.45) is 0 Å². The minimum Gasteiger partial charge on any atom is -0.495 e. The second-order valence-corrected chi connectivity index (χ2v) is 6.79. The minimum absolute atomic E-state index is 0.121. The number of rotatable bonds is 5. The molecule has 0 radical (unpaired) electrons. The Morgan fingerprint density at radius 1 is 1.11 bits per heavy atom. The number of ether oxygens (including phenoxy) is 1. The molecule has 2 heterocycles. The lowest BCUT2D eigenvalue weighted by molar-refractivity contribution is 0.0950. The van der Waals surface area contributed by atoms with E-state index in [0.717, 1.165) is 47.8 Å². The average molecular weight is 373 g/mol. The van der Waals surface area contributed by atoms with Gasteiger partial charge in [0.2, 0.25) is 0 Å². The Kier molecular flexibility index (Phi) is 5.24. The van der Waals surface area contributed by atoms with Crippen LogP contribution in [0.5, 0.6) is 5.75 Å². The van der Waals surface area contributed by atoms with Crippen LogP contribution >= 0.6 is 0 Å². The van der Waals surface area contributed by atoms with Crippen molar-refractivity contribution in [1.29, 1.82) is 0 Å². The first kappa shape index (κ1) is 18.0. The molecule has 1 aliphatic heterocycles. The second kappa shape index (κ2) is 8.13. The van der Waals surface area contributed by atoms with Gasteiger partial charge in [0.05, 0.1) is 29.7 Å². The molecule has 1 aromatic heterocycles. The number of para-hydroxylation sites is 2. The molecule has 142 valence electrons. The van der Waals surface area contributed by atoms with Crippen molar-refractivity contribution >= 4 is 17.3 Å². The highest BCUT2D eigenvalue weighted by atomic mass is 16.5. The van der Waals surface area contributed by atoms with Gasteiger partial charge < -0.3 is 15.0 Å². The maximum Gasteiger partial charge on any atom is 0.253 e. The molecule has 0 fully saturated rings. The molecule has 2 aromatic carbocycles. The summed E-state index contributed by atoms with van der Waals surface area (Å²) in [4.78, 5) is 19.5. The number of anilines is 2. The van der Waals surface area contributed by atoms with E-state index in [9.17, 15) is 4.79 Å². The van der Waals surface area contributed by atoms with Crippen LogP contribution < -0.4 is 15.0 Å². The monoisotopic (exact) mass is 373 g/mol. The molecule has 5 heteroatoms. The van der Waals surface area contributed by atoms with Crippen LogP contribution in [0.4, 0.5) is 11.4 Å². The van der Waals surface area contributed by atoms with E-state index in [4.69, 9.17) is 4.74 Å². The summed E-state index contributed by atoms with van der Waals surface area (Å²) in [7, 11) is 1.68.